The molecule has 27 heavy (non-hydrogen) atoms. The number of ether oxygens (including phenoxy) is 1. The van der Waals surface area contributed by atoms with Gasteiger partial charge in [0.05, 0.1) is 6.61 Å². The minimum absolute atomic E-state index is 0.219. The van der Waals surface area contributed by atoms with Crippen LogP contribution in [0.5, 0.6) is 5.75 Å². The Hall–Kier alpha value is -2.59. The number of hydrogen-bond donors (Lipinski definition) is 0. The molecule has 4 heteroatoms. The molecule has 0 aliphatic heterocycles. The molecule has 2 aromatic carbocycles. The number of aryl methyl sites for hydroxylation is 1. The summed E-state index contributed by atoms with van der Waals surface area (Å²) >= 11 is 0. The van der Waals surface area contributed by atoms with Crippen LogP contribution in [0.15, 0.2) is 59.5 Å². The number of hydrogen-bond acceptors (Lipinski definition) is 3. The Bertz CT molecular complexity index is 881. The highest BCUT2D eigenvalue weighted by Crippen LogP contribution is 2.21. The van der Waals surface area contributed by atoms with Gasteiger partial charge in [-0.05, 0) is 51.2 Å². The van der Waals surface area contributed by atoms with Crippen LogP contribution in [0.1, 0.15) is 37.3 Å². The molecule has 0 saturated heterocycles. The normalized spacial score (nSPS) is 12.4. The van der Waals surface area contributed by atoms with E-state index in [2.05, 4.69) is 49.2 Å². The molecular formula is C23H29N2O2+. The number of unbranched alkanes of at least 4 members (excludes halogenated alkanes) is 1. The maximum atomic E-state index is 6.15. The van der Waals surface area contributed by atoms with E-state index in [9.17, 15) is 0 Å². The summed E-state index contributed by atoms with van der Waals surface area (Å²) < 4.78 is 14.3. The van der Waals surface area contributed by atoms with E-state index in [0.29, 0.717) is 6.61 Å². The van der Waals surface area contributed by atoms with Gasteiger partial charge in [-0.1, -0.05) is 36.9 Å². The van der Waals surface area contributed by atoms with E-state index in [4.69, 9.17) is 9.15 Å². The minimum atomic E-state index is 0.219. The lowest BCUT2D eigenvalue weighted by molar-refractivity contribution is -0.687. The summed E-state index contributed by atoms with van der Waals surface area (Å²) in [6.45, 7) is 7.57. The fourth-order valence-corrected chi connectivity index (χ4v) is 3.08. The average Bonchev–Trinajstić information content (AvgIpc) is 3.06. The summed E-state index contributed by atoms with van der Waals surface area (Å²) in [5.41, 5.74) is 3.20. The Kier molecular flexibility index (Phi) is 6.30. The van der Waals surface area contributed by atoms with Crippen LogP contribution >= 0.6 is 0 Å². The SMILES string of the molecule is C=Cc1ccc(OCCCC[n+]2c(C(C)N(C)C)oc3ccccc32)cc1. The van der Waals surface area contributed by atoms with Crippen LogP contribution < -0.4 is 9.30 Å². The van der Waals surface area contributed by atoms with Crippen LogP contribution in [0.3, 0.4) is 0 Å². The van der Waals surface area contributed by atoms with Crippen molar-refractivity contribution in [3.63, 3.8) is 0 Å². The van der Waals surface area contributed by atoms with E-state index in [-0.39, 0.29) is 6.04 Å². The largest absolute Gasteiger partial charge is 0.494 e. The number of benzene rings is 2. The first-order chi connectivity index (χ1) is 13.1. The molecule has 0 bridgehead atoms. The van der Waals surface area contributed by atoms with Crippen LogP contribution in [0, 0.1) is 0 Å². The van der Waals surface area contributed by atoms with Gasteiger partial charge in [0.2, 0.25) is 5.58 Å². The lowest BCUT2D eigenvalue weighted by atomic mass is 10.2. The van der Waals surface area contributed by atoms with Crippen LogP contribution in [-0.2, 0) is 6.54 Å². The average molecular weight is 365 g/mol. The zero-order valence-corrected chi connectivity index (χ0v) is 16.5. The Morgan fingerprint density at radius 2 is 1.85 bits per heavy atom. The van der Waals surface area contributed by atoms with Crippen LogP contribution in [0.4, 0.5) is 0 Å². The highest BCUT2D eigenvalue weighted by Gasteiger charge is 2.28. The van der Waals surface area contributed by atoms with Gasteiger partial charge in [-0.25, -0.2) is 0 Å². The molecule has 1 unspecified atom stereocenters. The zero-order valence-electron chi connectivity index (χ0n) is 16.5. The third-order valence-electron chi connectivity index (χ3n) is 4.93. The zero-order chi connectivity index (χ0) is 19.2. The summed E-state index contributed by atoms with van der Waals surface area (Å²) in [5.74, 6) is 1.91. The highest BCUT2D eigenvalue weighted by atomic mass is 16.5. The molecule has 0 aliphatic carbocycles. The molecule has 1 atom stereocenters. The fourth-order valence-electron chi connectivity index (χ4n) is 3.08. The maximum Gasteiger partial charge on any atom is 0.365 e. The van der Waals surface area contributed by atoms with Gasteiger partial charge in [0.15, 0.2) is 6.54 Å². The van der Waals surface area contributed by atoms with Gasteiger partial charge in [0, 0.05) is 12.5 Å². The Morgan fingerprint density at radius 1 is 1.11 bits per heavy atom. The van der Waals surface area contributed by atoms with Crippen molar-refractivity contribution in [2.75, 3.05) is 20.7 Å². The van der Waals surface area contributed by atoms with Crippen LogP contribution in [0.25, 0.3) is 17.2 Å². The number of nitrogens with zero attached hydrogens (tertiary/aromatic N) is 2. The van der Waals surface area contributed by atoms with E-state index in [0.717, 1.165) is 47.7 Å². The Morgan fingerprint density at radius 3 is 2.56 bits per heavy atom. The first kappa shape index (κ1) is 19.2. The van der Waals surface area contributed by atoms with Gasteiger partial charge in [-0.2, -0.15) is 4.57 Å². The lowest BCUT2D eigenvalue weighted by Gasteiger charge is -2.14. The molecule has 0 spiro atoms. The molecule has 3 rings (SSSR count). The Labute approximate surface area is 161 Å². The summed E-state index contributed by atoms with van der Waals surface area (Å²) in [6.07, 6.45) is 3.86. The number of para-hydroxylation sites is 2. The molecule has 142 valence electrons. The highest BCUT2D eigenvalue weighted by molar-refractivity contribution is 5.68. The van der Waals surface area contributed by atoms with E-state index < -0.39 is 0 Å². The minimum Gasteiger partial charge on any atom is -0.494 e. The van der Waals surface area contributed by atoms with Gasteiger partial charge in [0.25, 0.3) is 5.52 Å². The Balaban J connectivity index is 1.60. The van der Waals surface area contributed by atoms with Crippen molar-refractivity contribution in [2.45, 2.75) is 32.4 Å². The number of oxazole rings is 1. The topological polar surface area (TPSA) is 29.5 Å². The molecule has 0 amide bonds. The van der Waals surface area contributed by atoms with Crippen LogP contribution in [-0.4, -0.2) is 25.6 Å². The van der Waals surface area contributed by atoms with Crippen molar-refractivity contribution in [3.05, 3.63) is 66.6 Å². The molecule has 0 N–H and O–H groups in total. The summed E-state index contributed by atoms with van der Waals surface area (Å²) in [4.78, 5) is 2.17. The van der Waals surface area contributed by atoms with Crippen molar-refractivity contribution in [2.24, 2.45) is 0 Å². The van der Waals surface area contributed by atoms with Crippen molar-refractivity contribution < 1.29 is 13.7 Å². The van der Waals surface area contributed by atoms with Gasteiger partial charge >= 0.3 is 5.89 Å². The number of rotatable bonds is 9. The number of aromatic nitrogens is 1. The van der Waals surface area contributed by atoms with Gasteiger partial charge in [-0.3, -0.25) is 4.90 Å². The molecule has 0 fully saturated rings. The van der Waals surface area contributed by atoms with Crippen molar-refractivity contribution in [3.8, 4) is 5.75 Å². The molecule has 0 saturated carbocycles. The second kappa shape index (κ2) is 8.87. The van der Waals surface area contributed by atoms with Crippen molar-refractivity contribution >= 4 is 17.2 Å². The first-order valence-corrected chi connectivity index (χ1v) is 9.53. The second-order valence-electron chi connectivity index (χ2n) is 7.03. The standard InChI is InChI=1S/C23H29N2O2/c1-5-19-12-14-20(15-13-19)26-17-9-8-16-25-21-10-6-7-11-22(21)27-23(25)18(2)24(3)4/h5-7,10-15,18H,1,8-9,16-17H2,2-4H3/q+1. The maximum absolute atomic E-state index is 6.15. The van der Waals surface area contributed by atoms with Gasteiger partial charge in [-0.15, -0.1) is 0 Å². The molecule has 4 nitrogen and oxygen atoms in total. The monoisotopic (exact) mass is 365 g/mol. The van der Waals surface area contributed by atoms with E-state index in [1.54, 1.807) is 0 Å². The third kappa shape index (κ3) is 4.58. The number of fused-ring (bicyclic) bond motifs is 1. The molecule has 3 aromatic rings. The quantitative estimate of drug-likeness (QED) is 0.401. The van der Waals surface area contributed by atoms with Crippen molar-refractivity contribution in [1.82, 2.24) is 4.90 Å². The van der Waals surface area contributed by atoms with E-state index in [1.165, 1.54) is 0 Å². The smallest absolute Gasteiger partial charge is 0.365 e. The molecule has 1 heterocycles. The third-order valence-corrected chi connectivity index (χ3v) is 4.93. The fraction of sp³-hybridized carbons (Fsp3) is 0.348. The summed E-state index contributed by atoms with van der Waals surface area (Å²) in [6, 6.07) is 16.5. The molecular weight excluding hydrogens is 336 g/mol. The van der Waals surface area contributed by atoms with Gasteiger partial charge < -0.3 is 9.15 Å². The molecule has 1 aromatic heterocycles. The second-order valence-corrected chi connectivity index (χ2v) is 7.03. The predicted octanol–water partition coefficient (Wildman–Crippen LogP) is 4.85. The van der Waals surface area contributed by atoms with Crippen LogP contribution in [0.2, 0.25) is 0 Å². The first-order valence-electron chi connectivity index (χ1n) is 9.53. The molecule has 0 radical (unpaired) electrons. The summed E-state index contributed by atoms with van der Waals surface area (Å²) in [7, 11) is 4.15. The van der Waals surface area contributed by atoms with Crippen molar-refractivity contribution in [1.29, 1.82) is 0 Å². The predicted molar refractivity (Wildman–Crippen MR) is 110 cm³/mol. The van der Waals surface area contributed by atoms with E-state index in [1.807, 2.05) is 42.5 Å². The molecule has 0 aliphatic rings. The lowest BCUT2D eigenvalue weighted by Crippen LogP contribution is -2.40. The van der Waals surface area contributed by atoms with E-state index >= 15 is 0 Å². The summed E-state index contributed by atoms with van der Waals surface area (Å²) in [5, 5.41) is 0. The van der Waals surface area contributed by atoms with Gasteiger partial charge in [0.1, 0.15) is 11.8 Å².